The molecule has 2 aliphatic rings. The quantitative estimate of drug-likeness (QED) is 0.771. The van der Waals surface area contributed by atoms with Crippen LogP contribution in [0, 0.1) is 0 Å². The van der Waals surface area contributed by atoms with Gasteiger partial charge in [-0.3, -0.25) is 4.79 Å². The first-order valence-corrected chi connectivity index (χ1v) is 8.81. The summed E-state index contributed by atoms with van der Waals surface area (Å²) in [4.78, 5) is 28.5. The van der Waals surface area contributed by atoms with Gasteiger partial charge in [0.2, 0.25) is 5.88 Å². The molecule has 0 atom stereocenters. The van der Waals surface area contributed by atoms with Crippen molar-refractivity contribution in [3.05, 3.63) is 11.8 Å². The van der Waals surface area contributed by atoms with Crippen LogP contribution in [0.4, 0.5) is 4.79 Å². The largest absolute Gasteiger partial charge is 0.477 e. The minimum absolute atomic E-state index is 0.0887. The molecule has 8 heteroatoms. The van der Waals surface area contributed by atoms with Gasteiger partial charge in [-0.2, -0.15) is 5.10 Å². The predicted molar refractivity (Wildman–Crippen MR) is 90.7 cm³/mol. The van der Waals surface area contributed by atoms with Gasteiger partial charge in [0.1, 0.15) is 11.2 Å². The number of carbonyl (C=O) groups is 2. The van der Waals surface area contributed by atoms with Gasteiger partial charge in [0, 0.05) is 39.1 Å². The average Bonchev–Trinajstić information content (AvgIpc) is 2.81. The Kier molecular flexibility index (Phi) is 4.87. The number of carbonyl (C=O) groups excluding carboxylic acids is 2. The first-order chi connectivity index (χ1) is 11.8. The second kappa shape index (κ2) is 6.93. The van der Waals surface area contributed by atoms with Crippen molar-refractivity contribution in [3.8, 4) is 5.88 Å². The monoisotopic (exact) mass is 350 g/mol. The van der Waals surface area contributed by atoms with Gasteiger partial charge in [0.05, 0.1) is 12.8 Å². The van der Waals surface area contributed by atoms with Crippen molar-refractivity contribution in [2.24, 2.45) is 0 Å². The highest BCUT2D eigenvalue weighted by atomic mass is 16.6. The lowest BCUT2D eigenvalue weighted by Crippen LogP contribution is -2.40. The molecular formula is C17H26N4O4. The molecule has 8 nitrogen and oxygen atoms in total. The normalized spacial score (nSPS) is 18.2. The third-order valence-electron chi connectivity index (χ3n) is 4.21. The summed E-state index contributed by atoms with van der Waals surface area (Å²) in [5.41, 5.74) is -0.0153. The van der Waals surface area contributed by atoms with E-state index >= 15 is 0 Å². The molecule has 0 radical (unpaired) electrons. The van der Waals surface area contributed by atoms with Gasteiger partial charge in [-0.15, -0.1) is 0 Å². The van der Waals surface area contributed by atoms with Gasteiger partial charge in [-0.25, -0.2) is 9.48 Å². The predicted octanol–water partition coefficient (Wildman–Crippen LogP) is 1.75. The van der Waals surface area contributed by atoms with Gasteiger partial charge < -0.3 is 19.3 Å². The summed E-state index contributed by atoms with van der Waals surface area (Å²) >= 11 is 0. The molecule has 2 aliphatic heterocycles. The Morgan fingerprint density at radius 2 is 1.80 bits per heavy atom. The minimum Gasteiger partial charge on any atom is -0.477 e. The van der Waals surface area contributed by atoms with Crippen molar-refractivity contribution >= 4 is 12.0 Å². The maximum atomic E-state index is 12.8. The number of hydrogen-bond donors (Lipinski definition) is 0. The van der Waals surface area contributed by atoms with Crippen molar-refractivity contribution < 1.29 is 19.1 Å². The number of amides is 2. The number of fused-ring (bicyclic) bond motifs is 1. The molecule has 1 fully saturated rings. The van der Waals surface area contributed by atoms with Gasteiger partial charge in [0.25, 0.3) is 5.91 Å². The third kappa shape index (κ3) is 4.05. The highest BCUT2D eigenvalue weighted by molar-refractivity contribution is 5.96. The van der Waals surface area contributed by atoms with E-state index in [1.807, 2.05) is 20.8 Å². The van der Waals surface area contributed by atoms with Gasteiger partial charge in [0.15, 0.2) is 0 Å². The molecule has 3 rings (SSSR count). The second-order valence-corrected chi connectivity index (χ2v) is 7.40. The van der Waals surface area contributed by atoms with Crippen molar-refractivity contribution in [2.75, 3.05) is 32.8 Å². The fourth-order valence-corrected chi connectivity index (χ4v) is 3.02. The lowest BCUT2D eigenvalue weighted by atomic mass is 10.2. The van der Waals surface area contributed by atoms with E-state index in [0.717, 1.165) is 19.4 Å². The molecule has 138 valence electrons. The topological polar surface area (TPSA) is 76.9 Å². The van der Waals surface area contributed by atoms with E-state index in [4.69, 9.17) is 9.47 Å². The van der Waals surface area contributed by atoms with Crippen LogP contribution in [0.2, 0.25) is 0 Å². The number of aryl methyl sites for hydroxylation is 1. The van der Waals surface area contributed by atoms with Crippen LogP contribution in [0.5, 0.6) is 5.88 Å². The fourth-order valence-electron chi connectivity index (χ4n) is 3.02. The molecule has 0 aliphatic carbocycles. The molecule has 1 aromatic rings. The van der Waals surface area contributed by atoms with Crippen molar-refractivity contribution in [1.29, 1.82) is 0 Å². The summed E-state index contributed by atoms with van der Waals surface area (Å²) < 4.78 is 12.8. The Balaban J connectivity index is 1.64. The molecule has 25 heavy (non-hydrogen) atoms. The maximum Gasteiger partial charge on any atom is 0.410 e. The Morgan fingerprint density at radius 3 is 2.56 bits per heavy atom. The molecule has 0 unspecified atom stereocenters. The van der Waals surface area contributed by atoms with Crippen LogP contribution in [0.15, 0.2) is 6.20 Å². The minimum atomic E-state index is -0.520. The van der Waals surface area contributed by atoms with E-state index < -0.39 is 5.60 Å². The van der Waals surface area contributed by atoms with Crippen molar-refractivity contribution in [1.82, 2.24) is 19.6 Å². The van der Waals surface area contributed by atoms with Crippen molar-refractivity contribution in [2.45, 2.75) is 45.8 Å². The molecule has 0 bridgehead atoms. The smallest absolute Gasteiger partial charge is 0.410 e. The molecule has 0 N–H and O–H groups in total. The third-order valence-corrected chi connectivity index (χ3v) is 4.21. The zero-order valence-corrected chi connectivity index (χ0v) is 15.2. The van der Waals surface area contributed by atoms with E-state index in [2.05, 4.69) is 5.10 Å². The Bertz CT molecular complexity index is 650. The number of hydrogen-bond acceptors (Lipinski definition) is 5. The van der Waals surface area contributed by atoms with E-state index in [0.29, 0.717) is 44.2 Å². The number of ether oxygens (including phenoxy) is 2. The standard InChI is InChI=1S/C17H26N4O4/c1-17(2,3)25-16(23)20-7-4-6-19(9-10-20)14(22)13-12-18-21-8-5-11-24-15(13)21/h12H,4-11H2,1-3H3. The number of nitrogens with zero attached hydrogens (tertiary/aromatic N) is 4. The lowest BCUT2D eigenvalue weighted by Gasteiger charge is -2.26. The summed E-state index contributed by atoms with van der Waals surface area (Å²) in [5.74, 6) is 0.471. The molecular weight excluding hydrogens is 324 g/mol. The zero-order chi connectivity index (χ0) is 18.0. The molecule has 0 saturated carbocycles. The molecule has 3 heterocycles. The molecule has 0 spiro atoms. The summed E-state index contributed by atoms with van der Waals surface area (Å²) in [6.45, 7) is 9.05. The van der Waals surface area contributed by atoms with Crippen LogP contribution in [-0.2, 0) is 11.3 Å². The van der Waals surface area contributed by atoms with Gasteiger partial charge >= 0.3 is 6.09 Å². The summed E-state index contributed by atoms with van der Waals surface area (Å²) in [6.07, 6.45) is 2.87. The molecule has 2 amide bonds. The highest BCUT2D eigenvalue weighted by Crippen LogP contribution is 2.24. The second-order valence-electron chi connectivity index (χ2n) is 7.40. The van der Waals surface area contributed by atoms with Gasteiger partial charge in [-0.05, 0) is 27.2 Å². The number of aromatic nitrogens is 2. The van der Waals surface area contributed by atoms with Crippen LogP contribution in [0.1, 0.15) is 44.0 Å². The van der Waals surface area contributed by atoms with Crippen LogP contribution in [0.3, 0.4) is 0 Å². The van der Waals surface area contributed by atoms with Crippen LogP contribution >= 0.6 is 0 Å². The Morgan fingerprint density at radius 1 is 1.08 bits per heavy atom. The molecule has 1 aromatic heterocycles. The molecule has 1 saturated heterocycles. The fraction of sp³-hybridized carbons (Fsp3) is 0.706. The first kappa shape index (κ1) is 17.6. The first-order valence-electron chi connectivity index (χ1n) is 8.81. The average molecular weight is 350 g/mol. The molecule has 0 aromatic carbocycles. The van der Waals surface area contributed by atoms with E-state index in [1.54, 1.807) is 20.7 Å². The maximum absolute atomic E-state index is 12.8. The summed E-state index contributed by atoms with van der Waals surface area (Å²) in [5, 5.41) is 4.24. The van der Waals surface area contributed by atoms with E-state index in [-0.39, 0.29) is 12.0 Å². The van der Waals surface area contributed by atoms with Gasteiger partial charge in [-0.1, -0.05) is 0 Å². The van der Waals surface area contributed by atoms with E-state index in [1.165, 1.54) is 0 Å². The zero-order valence-electron chi connectivity index (χ0n) is 15.2. The highest BCUT2D eigenvalue weighted by Gasteiger charge is 2.29. The lowest BCUT2D eigenvalue weighted by molar-refractivity contribution is 0.0255. The van der Waals surface area contributed by atoms with Crippen molar-refractivity contribution in [3.63, 3.8) is 0 Å². The van der Waals surface area contributed by atoms with E-state index in [9.17, 15) is 9.59 Å². The van der Waals surface area contributed by atoms with Crippen LogP contribution in [-0.4, -0.2) is 70.0 Å². The number of rotatable bonds is 1. The Hall–Kier alpha value is -2.25. The summed E-state index contributed by atoms with van der Waals surface area (Å²) in [7, 11) is 0. The summed E-state index contributed by atoms with van der Waals surface area (Å²) in [6, 6.07) is 0. The SMILES string of the molecule is CC(C)(C)OC(=O)N1CCCN(C(=O)c2cnn3c2OCCC3)CC1. The Labute approximate surface area is 147 Å². The van der Waals surface area contributed by atoms with Crippen LogP contribution < -0.4 is 4.74 Å². The van der Waals surface area contributed by atoms with Crippen LogP contribution in [0.25, 0.3) is 0 Å².